The van der Waals surface area contributed by atoms with Gasteiger partial charge in [0.1, 0.15) is 5.82 Å². The first-order chi connectivity index (χ1) is 9.29. The van der Waals surface area contributed by atoms with Crippen molar-refractivity contribution in [2.75, 3.05) is 6.54 Å². The van der Waals surface area contributed by atoms with Gasteiger partial charge in [-0.3, -0.25) is 0 Å². The maximum Gasteiger partial charge on any atom is 0.315 e. The van der Waals surface area contributed by atoms with Gasteiger partial charge in [-0.1, -0.05) is 32.9 Å². The number of hydrogen-bond donors (Lipinski definition) is 3. The molecule has 4 nitrogen and oxygen atoms in total. The third kappa shape index (κ3) is 6.02. The second-order valence-corrected chi connectivity index (χ2v) is 5.91. The summed E-state index contributed by atoms with van der Waals surface area (Å²) in [4.78, 5) is 11.5. The topological polar surface area (TPSA) is 61.4 Å². The molecule has 0 aliphatic heterocycles. The van der Waals surface area contributed by atoms with Crippen LogP contribution in [0.25, 0.3) is 0 Å². The van der Waals surface area contributed by atoms with E-state index < -0.39 is 6.10 Å². The van der Waals surface area contributed by atoms with E-state index in [1.165, 1.54) is 12.1 Å². The second-order valence-electron chi connectivity index (χ2n) is 5.91. The number of amides is 2. The molecule has 0 saturated carbocycles. The Labute approximate surface area is 119 Å². The minimum Gasteiger partial charge on any atom is -0.393 e. The summed E-state index contributed by atoms with van der Waals surface area (Å²) < 4.78 is 12.7. The van der Waals surface area contributed by atoms with Crippen LogP contribution >= 0.6 is 0 Å². The van der Waals surface area contributed by atoms with Gasteiger partial charge in [0, 0.05) is 13.1 Å². The number of rotatable bonds is 5. The Balaban J connectivity index is 2.22. The molecule has 0 saturated heterocycles. The molecule has 0 heterocycles. The van der Waals surface area contributed by atoms with E-state index in [-0.39, 0.29) is 17.3 Å². The van der Waals surface area contributed by atoms with Gasteiger partial charge in [0.2, 0.25) is 0 Å². The largest absolute Gasteiger partial charge is 0.393 e. The minimum atomic E-state index is -0.458. The molecule has 1 aromatic rings. The Morgan fingerprint density at radius 1 is 1.25 bits per heavy atom. The number of halogens is 1. The molecule has 1 rings (SSSR count). The van der Waals surface area contributed by atoms with Crippen LogP contribution < -0.4 is 10.6 Å². The van der Waals surface area contributed by atoms with Crippen molar-refractivity contribution < 1.29 is 14.3 Å². The molecule has 20 heavy (non-hydrogen) atoms. The van der Waals surface area contributed by atoms with Gasteiger partial charge in [0.05, 0.1) is 6.10 Å². The summed E-state index contributed by atoms with van der Waals surface area (Å²) in [6.07, 6.45) is 0.0490. The second kappa shape index (κ2) is 7.24. The molecule has 5 heteroatoms. The quantitative estimate of drug-likeness (QED) is 0.776. The lowest BCUT2D eigenvalue weighted by molar-refractivity contribution is 0.0564. The highest BCUT2D eigenvalue weighted by Gasteiger charge is 2.21. The van der Waals surface area contributed by atoms with E-state index in [0.29, 0.717) is 19.5 Å². The number of hydrogen-bond acceptors (Lipinski definition) is 2. The average Bonchev–Trinajstić information content (AvgIpc) is 2.37. The number of benzene rings is 1. The third-order valence-corrected chi connectivity index (χ3v) is 3.07. The summed E-state index contributed by atoms with van der Waals surface area (Å²) in [5.74, 6) is -0.297. The van der Waals surface area contributed by atoms with Crippen molar-refractivity contribution in [3.63, 3.8) is 0 Å². The molecule has 0 aromatic heterocycles. The van der Waals surface area contributed by atoms with Gasteiger partial charge in [0.25, 0.3) is 0 Å². The SMILES string of the molecule is CC(C)(C)[C@@H](O)CCNC(=O)NCc1ccc(F)cc1. The number of carbonyl (C=O) groups is 1. The highest BCUT2D eigenvalue weighted by atomic mass is 19.1. The molecular weight excluding hydrogens is 259 g/mol. The first-order valence-electron chi connectivity index (χ1n) is 6.73. The number of aliphatic hydroxyl groups is 1. The Hall–Kier alpha value is -1.62. The van der Waals surface area contributed by atoms with Gasteiger partial charge in [-0.15, -0.1) is 0 Å². The van der Waals surface area contributed by atoms with Gasteiger partial charge in [-0.2, -0.15) is 0 Å². The molecule has 3 N–H and O–H groups in total. The number of urea groups is 1. The van der Waals surface area contributed by atoms with E-state index in [9.17, 15) is 14.3 Å². The highest BCUT2D eigenvalue weighted by molar-refractivity contribution is 5.73. The number of aliphatic hydroxyl groups excluding tert-OH is 1. The zero-order valence-electron chi connectivity index (χ0n) is 12.2. The summed E-state index contributed by atoms with van der Waals surface area (Å²) in [5.41, 5.74) is 0.642. The van der Waals surface area contributed by atoms with Gasteiger partial charge >= 0.3 is 6.03 Å². The van der Waals surface area contributed by atoms with Crippen molar-refractivity contribution in [3.05, 3.63) is 35.6 Å². The predicted molar refractivity (Wildman–Crippen MR) is 76.7 cm³/mol. The third-order valence-electron chi connectivity index (χ3n) is 3.07. The summed E-state index contributed by atoms with van der Waals surface area (Å²) in [7, 11) is 0. The van der Waals surface area contributed by atoms with E-state index in [1.54, 1.807) is 12.1 Å². The van der Waals surface area contributed by atoms with Crippen LogP contribution in [0, 0.1) is 11.2 Å². The van der Waals surface area contributed by atoms with Crippen LogP contribution in [0.1, 0.15) is 32.8 Å². The van der Waals surface area contributed by atoms with Crippen LogP contribution in [0.3, 0.4) is 0 Å². The van der Waals surface area contributed by atoms with Crippen LogP contribution in [-0.2, 0) is 6.54 Å². The Kier molecular flexibility index (Phi) is 5.95. The van der Waals surface area contributed by atoms with E-state index >= 15 is 0 Å². The Morgan fingerprint density at radius 3 is 2.40 bits per heavy atom. The zero-order chi connectivity index (χ0) is 15.2. The van der Waals surface area contributed by atoms with Crippen LogP contribution in [0.5, 0.6) is 0 Å². The normalized spacial score (nSPS) is 12.8. The standard InChI is InChI=1S/C15H23FN2O2/c1-15(2,3)13(19)8-9-17-14(20)18-10-11-4-6-12(16)7-5-11/h4-7,13,19H,8-10H2,1-3H3,(H2,17,18,20)/t13-/m0/s1. The molecule has 0 spiro atoms. The molecule has 1 aromatic carbocycles. The van der Waals surface area contributed by atoms with Gasteiger partial charge < -0.3 is 15.7 Å². The van der Waals surface area contributed by atoms with Crippen molar-refractivity contribution in [2.24, 2.45) is 5.41 Å². The summed E-state index contributed by atoms with van der Waals surface area (Å²) in [6.45, 7) is 6.60. The van der Waals surface area contributed by atoms with E-state index in [1.807, 2.05) is 20.8 Å². The molecule has 0 aliphatic carbocycles. The maximum atomic E-state index is 12.7. The Bertz CT molecular complexity index is 426. The minimum absolute atomic E-state index is 0.188. The van der Waals surface area contributed by atoms with Crippen molar-refractivity contribution >= 4 is 6.03 Å². The van der Waals surface area contributed by atoms with Crippen molar-refractivity contribution in [3.8, 4) is 0 Å². The van der Waals surface area contributed by atoms with Crippen LogP contribution in [-0.4, -0.2) is 23.8 Å². The summed E-state index contributed by atoms with van der Waals surface area (Å²) >= 11 is 0. The van der Waals surface area contributed by atoms with Crippen molar-refractivity contribution in [1.29, 1.82) is 0 Å². The molecule has 0 fully saturated rings. The fourth-order valence-electron chi connectivity index (χ4n) is 1.60. The van der Waals surface area contributed by atoms with Gasteiger partial charge in [-0.25, -0.2) is 9.18 Å². The molecule has 112 valence electrons. The number of nitrogens with one attached hydrogen (secondary N) is 2. The molecule has 0 unspecified atom stereocenters. The first-order valence-corrected chi connectivity index (χ1v) is 6.73. The lowest BCUT2D eigenvalue weighted by Crippen LogP contribution is -2.38. The summed E-state index contributed by atoms with van der Waals surface area (Å²) in [6, 6.07) is 5.66. The fraction of sp³-hybridized carbons (Fsp3) is 0.533. The van der Waals surface area contributed by atoms with Crippen LogP contribution in [0.2, 0.25) is 0 Å². The monoisotopic (exact) mass is 282 g/mol. The molecular formula is C15H23FN2O2. The molecule has 0 bridgehead atoms. The lowest BCUT2D eigenvalue weighted by atomic mass is 9.87. The average molecular weight is 282 g/mol. The van der Waals surface area contributed by atoms with E-state index in [2.05, 4.69) is 10.6 Å². The molecule has 0 radical (unpaired) electrons. The van der Waals surface area contributed by atoms with Crippen molar-refractivity contribution in [2.45, 2.75) is 39.8 Å². The predicted octanol–water partition coefficient (Wildman–Crippen LogP) is 2.42. The number of carbonyl (C=O) groups excluding carboxylic acids is 1. The van der Waals surface area contributed by atoms with Crippen molar-refractivity contribution in [1.82, 2.24) is 10.6 Å². The zero-order valence-corrected chi connectivity index (χ0v) is 12.2. The van der Waals surface area contributed by atoms with Crippen LogP contribution in [0.15, 0.2) is 24.3 Å². The fourth-order valence-corrected chi connectivity index (χ4v) is 1.60. The summed E-state index contributed by atoms with van der Waals surface area (Å²) in [5, 5.41) is 15.2. The maximum absolute atomic E-state index is 12.7. The highest BCUT2D eigenvalue weighted by Crippen LogP contribution is 2.20. The lowest BCUT2D eigenvalue weighted by Gasteiger charge is -2.25. The molecule has 1 atom stereocenters. The van der Waals surface area contributed by atoms with E-state index in [4.69, 9.17) is 0 Å². The molecule has 0 aliphatic rings. The molecule has 2 amide bonds. The van der Waals surface area contributed by atoms with E-state index in [0.717, 1.165) is 5.56 Å². The van der Waals surface area contributed by atoms with Crippen LogP contribution in [0.4, 0.5) is 9.18 Å². The van der Waals surface area contributed by atoms with Gasteiger partial charge in [0.15, 0.2) is 0 Å². The Morgan fingerprint density at radius 2 is 1.85 bits per heavy atom. The van der Waals surface area contributed by atoms with Gasteiger partial charge in [-0.05, 0) is 29.5 Å². The smallest absolute Gasteiger partial charge is 0.315 e. The first kappa shape index (κ1) is 16.4.